The Bertz CT molecular complexity index is 217. The number of hydrogen-bond donors (Lipinski definition) is 0. The summed E-state index contributed by atoms with van der Waals surface area (Å²) in [5.74, 6) is 0. The van der Waals surface area contributed by atoms with Crippen LogP contribution < -0.4 is 0 Å². The Morgan fingerprint density at radius 2 is 1.31 bits per heavy atom. The van der Waals surface area contributed by atoms with Crippen molar-refractivity contribution < 1.29 is 8.85 Å². The van der Waals surface area contributed by atoms with Gasteiger partial charge in [0.1, 0.15) is 0 Å². The maximum Gasteiger partial charge on any atom is 0.347 e. The minimum Gasteiger partial charge on any atom is -0.391 e. The van der Waals surface area contributed by atoms with Gasteiger partial charge in [-0.3, -0.25) is 0 Å². The molecule has 0 aromatic rings. The predicted molar refractivity (Wildman–Crippen MR) is 70.9 cm³/mol. The molecule has 1 aliphatic rings. The summed E-state index contributed by atoms with van der Waals surface area (Å²) >= 11 is 0. The average Bonchev–Trinajstić information content (AvgIpc) is 2.79. The molecule has 0 aromatic heterocycles. The summed E-state index contributed by atoms with van der Waals surface area (Å²) in [5, 5.41) is 0.155. The SMILES string of the molecule is CC(C)O[Si](OC(C)C)(C1CC1)C(C)(C)C. The van der Waals surface area contributed by atoms with Gasteiger partial charge in [0.25, 0.3) is 0 Å². The van der Waals surface area contributed by atoms with Crippen LogP contribution in [0.1, 0.15) is 61.3 Å². The molecule has 3 heteroatoms. The molecule has 0 radical (unpaired) electrons. The van der Waals surface area contributed by atoms with E-state index in [1.54, 1.807) is 0 Å². The molecule has 0 saturated heterocycles. The summed E-state index contributed by atoms with van der Waals surface area (Å²) in [7, 11) is -2.09. The average molecular weight is 244 g/mol. The highest BCUT2D eigenvalue weighted by molar-refractivity contribution is 6.72. The van der Waals surface area contributed by atoms with E-state index in [-0.39, 0.29) is 17.2 Å². The summed E-state index contributed by atoms with van der Waals surface area (Å²) in [6.45, 7) is 15.3. The first-order valence-electron chi connectivity index (χ1n) is 6.54. The molecule has 16 heavy (non-hydrogen) atoms. The van der Waals surface area contributed by atoms with Crippen LogP contribution in [0, 0.1) is 0 Å². The molecule has 0 N–H and O–H groups in total. The normalized spacial score (nSPS) is 18.6. The lowest BCUT2D eigenvalue weighted by atomic mass is 10.2. The fraction of sp³-hybridized carbons (Fsp3) is 1.00. The number of rotatable bonds is 5. The molecule has 1 fully saturated rings. The molecule has 0 spiro atoms. The van der Waals surface area contributed by atoms with E-state index in [9.17, 15) is 0 Å². The molecular weight excluding hydrogens is 216 g/mol. The molecule has 1 saturated carbocycles. The van der Waals surface area contributed by atoms with Crippen molar-refractivity contribution in [3.8, 4) is 0 Å². The van der Waals surface area contributed by atoms with Crippen LogP contribution in [-0.4, -0.2) is 20.8 Å². The quantitative estimate of drug-likeness (QED) is 0.673. The third kappa shape index (κ3) is 3.08. The first-order valence-corrected chi connectivity index (χ1v) is 8.44. The van der Waals surface area contributed by atoms with E-state index in [0.717, 1.165) is 0 Å². The van der Waals surface area contributed by atoms with Crippen LogP contribution in [0.2, 0.25) is 10.6 Å². The van der Waals surface area contributed by atoms with E-state index >= 15 is 0 Å². The van der Waals surface area contributed by atoms with Gasteiger partial charge in [-0.25, -0.2) is 0 Å². The fourth-order valence-electron chi connectivity index (χ4n) is 2.35. The van der Waals surface area contributed by atoms with Crippen molar-refractivity contribution in [2.24, 2.45) is 0 Å². The van der Waals surface area contributed by atoms with E-state index in [4.69, 9.17) is 8.85 Å². The summed E-state index contributed by atoms with van der Waals surface area (Å²) in [4.78, 5) is 0. The molecule has 0 unspecified atom stereocenters. The molecule has 0 bridgehead atoms. The zero-order chi connectivity index (χ0) is 12.6. The topological polar surface area (TPSA) is 18.5 Å². The molecule has 0 aliphatic heterocycles. The Balaban J connectivity index is 2.94. The molecule has 0 atom stereocenters. The van der Waals surface area contributed by atoms with Gasteiger partial charge in [0.05, 0.1) is 0 Å². The zero-order valence-electron chi connectivity index (χ0n) is 12.0. The molecule has 0 amide bonds. The van der Waals surface area contributed by atoms with Crippen LogP contribution in [-0.2, 0) is 8.85 Å². The van der Waals surface area contributed by atoms with Gasteiger partial charge < -0.3 is 8.85 Å². The van der Waals surface area contributed by atoms with Crippen LogP contribution in [0.25, 0.3) is 0 Å². The third-order valence-corrected chi connectivity index (χ3v) is 8.37. The van der Waals surface area contributed by atoms with Crippen LogP contribution in [0.4, 0.5) is 0 Å². The Labute approximate surface area is 102 Å². The van der Waals surface area contributed by atoms with Crippen molar-refractivity contribution in [3.05, 3.63) is 0 Å². The van der Waals surface area contributed by atoms with Crippen LogP contribution in [0.15, 0.2) is 0 Å². The van der Waals surface area contributed by atoms with Gasteiger partial charge in [-0.1, -0.05) is 20.8 Å². The minimum absolute atomic E-state index is 0.155. The summed E-state index contributed by atoms with van der Waals surface area (Å²) in [5.41, 5.74) is 0.706. The second-order valence-electron chi connectivity index (χ2n) is 6.52. The van der Waals surface area contributed by atoms with Crippen molar-refractivity contribution in [2.75, 3.05) is 0 Å². The van der Waals surface area contributed by atoms with Crippen LogP contribution in [0.3, 0.4) is 0 Å². The molecular formula is C13H28O2Si. The smallest absolute Gasteiger partial charge is 0.347 e. The van der Waals surface area contributed by atoms with Crippen LogP contribution in [0.5, 0.6) is 0 Å². The van der Waals surface area contributed by atoms with Gasteiger partial charge in [-0.15, -0.1) is 0 Å². The number of hydrogen-bond acceptors (Lipinski definition) is 2. The predicted octanol–water partition coefficient (Wildman–Crippen LogP) is 4.24. The summed E-state index contributed by atoms with van der Waals surface area (Å²) < 4.78 is 12.7. The van der Waals surface area contributed by atoms with E-state index < -0.39 is 8.56 Å². The molecule has 0 aromatic carbocycles. The van der Waals surface area contributed by atoms with E-state index in [0.29, 0.717) is 5.54 Å². The Hall–Kier alpha value is 0.137. The molecule has 1 aliphatic carbocycles. The second-order valence-corrected chi connectivity index (χ2v) is 10.6. The highest BCUT2D eigenvalue weighted by Gasteiger charge is 2.60. The Kier molecular flexibility index (Phi) is 4.25. The van der Waals surface area contributed by atoms with Crippen molar-refractivity contribution >= 4 is 8.56 Å². The van der Waals surface area contributed by atoms with Gasteiger partial charge in [0.2, 0.25) is 0 Å². The summed E-state index contributed by atoms with van der Waals surface area (Å²) in [6.07, 6.45) is 3.13. The molecule has 1 rings (SSSR count). The van der Waals surface area contributed by atoms with Gasteiger partial charge in [-0.2, -0.15) is 0 Å². The van der Waals surface area contributed by atoms with Gasteiger partial charge >= 0.3 is 8.56 Å². The molecule has 0 heterocycles. The van der Waals surface area contributed by atoms with Gasteiger partial charge in [0, 0.05) is 22.8 Å². The van der Waals surface area contributed by atoms with Gasteiger partial charge in [0.15, 0.2) is 0 Å². The lowest BCUT2D eigenvalue weighted by Gasteiger charge is -2.43. The Morgan fingerprint density at radius 1 is 0.938 bits per heavy atom. The second kappa shape index (κ2) is 4.79. The maximum absolute atomic E-state index is 6.35. The monoisotopic (exact) mass is 244 g/mol. The van der Waals surface area contributed by atoms with Crippen molar-refractivity contribution in [1.82, 2.24) is 0 Å². The third-order valence-electron chi connectivity index (χ3n) is 2.98. The first kappa shape index (κ1) is 14.2. The van der Waals surface area contributed by atoms with Crippen LogP contribution >= 0.6 is 0 Å². The Morgan fingerprint density at radius 3 is 1.50 bits per heavy atom. The van der Waals surface area contributed by atoms with E-state index in [2.05, 4.69) is 48.5 Å². The highest BCUT2D eigenvalue weighted by atomic mass is 28.4. The van der Waals surface area contributed by atoms with E-state index in [1.807, 2.05) is 0 Å². The van der Waals surface area contributed by atoms with Crippen molar-refractivity contribution in [3.63, 3.8) is 0 Å². The van der Waals surface area contributed by atoms with Crippen molar-refractivity contribution in [1.29, 1.82) is 0 Å². The van der Waals surface area contributed by atoms with Crippen molar-refractivity contribution in [2.45, 2.75) is 84.1 Å². The minimum atomic E-state index is -2.09. The summed E-state index contributed by atoms with van der Waals surface area (Å²) in [6, 6.07) is 0. The zero-order valence-corrected chi connectivity index (χ0v) is 13.0. The lowest BCUT2D eigenvalue weighted by molar-refractivity contribution is 0.0864. The fourth-order valence-corrected chi connectivity index (χ4v) is 7.05. The molecule has 96 valence electrons. The highest BCUT2D eigenvalue weighted by Crippen LogP contribution is 2.56. The van der Waals surface area contributed by atoms with E-state index in [1.165, 1.54) is 12.8 Å². The van der Waals surface area contributed by atoms with Gasteiger partial charge in [-0.05, 0) is 40.5 Å². The first-order chi connectivity index (χ1) is 7.19. The lowest BCUT2D eigenvalue weighted by Crippen LogP contribution is -2.53. The largest absolute Gasteiger partial charge is 0.391 e. The maximum atomic E-state index is 6.35. The molecule has 2 nitrogen and oxygen atoms in total. The standard InChI is InChI=1S/C13H28O2Si/c1-10(2)14-16(12-8-9-12,13(5,6)7)15-11(3)4/h10-12H,8-9H2,1-7H3.